The maximum atomic E-state index is 11.1. The van der Waals surface area contributed by atoms with Crippen LogP contribution in [0.25, 0.3) is 0 Å². The smallest absolute Gasteiger partial charge is 0.309 e. The summed E-state index contributed by atoms with van der Waals surface area (Å²) in [5.74, 6) is -0.572. The van der Waals surface area contributed by atoms with Crippen LogP contribution in [-0.4, -0.2) is 37.1 Å². The minimum atomic E-state index is -0.572. The van der Waals surface area contributed by atoms with Gasteiger partial charge in [-0.3, -0.25) is 9.59 Å². The molecule has 3 rings (SSSR count). The van der Waals surface area contributed by atoms with Crippen molar-refractivity contribution in [2.45, 2.75) is 57.9 Å². The van der Waals surface area contributed by atoms with Crippen molar-refractivity contribution >= 4 is 12.4 Å². The SMILES string of the molecule is CC.CNC12CCC(C(=O)O)(CC1)CC2.CNC=O. The molecule has 19 heavy (non-hydrogen) atoms. The van der Waals surface area contributed by atoms with E-state index in [9.17, 15) is 4.79 Å². The van der Waals surface area contributed by atoms with Crippen LogP contribution in [0.2, 0.25) is 0 Å². The Bertz CT molecular complexity index is 268. The number of fused-ring (bicyclic) bond motifs is 3. The van der Waals surface area contributed by atoms with E-state index in [1.165, 1.54) is 0 Å². The fraction of sp³-hybridized carbons (Fsp3) is 0.857. The zero-order chi connectivity index (χ0) is 14.9. The van der Waals surface area contributed by atoms with E-state index in [0.717, 1.165) is 38.5 Å². The molecule has 0 unspecified atom stereocenters. The lowest BCUT2D eigenvalue weighted by Crippen LogP contribution is -2.55. The topological polar surface area (TPSA) is 78.4 Å². The summed E-state index contributed by atoms with van der Waals surface area (Å²) in [6.07, 6.45) is 6.33. The molecule has 2 bridgehead atoms. The molecule has 112 valence electrons. The van der Waals surface area contributed by atoms with Gasteiger partial charge in [0.25, 0.3) is 0 Å². The predicted octanol–water partition coefficient (Wildman–Crippen LogP) is 1.77. The van der Waals surface area contributed by atoms with E-state index in [1.54, 1.807) is 7.05 Å². The first kappa shape index (κ1) is 17.9. The van der Waals surface area contributed by atoms with Gasteiger partial charge in [-0.1, -0.05) is 13.8 Å². The van der Waals surface area contributed by atoms with Crippen molar-refractivity contribution in [2.24, 2.45) is 5.41 Å². The van der Waals surface area contributed by atoms with Gasteiger partial charge in [0, 0.05) is 12.6 Å². The van der Waals surface area contributed by atoms with Crippen LogP contribution in [0.4, 0.5) is 0 Å². The molecule has 5 heteroatoms. The first-order valence-corrected chi connectivity index (χ1v) is 7.07. The molecule has 3 saturated carbocycles. The minimum Gasteiger partial charge on any atom is -0.481 e. The number of carboxylic acid groups (broad SMARTS) is 1. The number of hydrogen-bond acceptors (Lipinski definition) is 3. The lowest BCUT2D eigenvalue weighted by atomic mass is 9.57. The Balaban J connectivity index is 0.000000467. The molecular formula is C14H28N2O3. The van der Waals surface area contributed by atoms with E-state index in [1.807, 2.05) is 20.9 Å². The van der Waals surface area contributed by atoms with E-state index in [0.29, 0.717) is 6.41 Å². The number of nitrogens with one attached hydrogen (secondary N) is 2. The average molecular weight is 272 g/mol. The van der Waals surface area contributed by atoms with Crippen molar-refractivity contribution < 1.29 is 14.7 Å². The normalized spacial score (nSPS) is 31.2. The predicted molar refractivity (Wildman–Crippen MR) is 76.0 cm³/mol. The van der Waals surface area contributed by atoms with Gasteiger partial charge in [0.1, 0.15) is 0 Å². The molecule has 3 N–H and O–H groups in total. The second-order valence-corrected chi connectivity index (χ2v) is 5.02. The molecule has 0 aliphatic heterocycles. The summed E-state index contributed by atoms with van der Waals surface area (Å²) < 4.78 is 0. The van der Waals surface area contributed by atoms with Crippen LogP contribution in [0, 0.1) is 5.41 Å². The fourth-order valence-electron chi connectivity index (χ4n) is 2.88. The van der Waals surface area contributed by atoms with Crippen molar-refractivity contribution in [3.8, 4) is 0 Å². The van der Waals surface area contributed by atoms with E-state index in [-0.39, 0.29) is 11.0 Å². The summed E-state index contributed by atoms with van der Waals surface area (Å²) in [5, 5.41) is 14.8. The van der Waals surface area contributed by atoms with Gasteiger partial charge in [0.15, 0.2) is 0 Å². The van der Waals surface area contributed by atoms with Crippen LogP contribution >= 0.6 is 0 Å². The molecule has 0 spiro atoms. The van der Waals surface area contributed by atoms with Crippen LogP contribution in [-0.2, 0) is 9.59 Å². The third-order valence-corrected chi connectivity index (χ3v) is 4.35. The number of carboxylic acids is 1. The van der Waals surface area contributed by atoms with Gasteiger partial charge in [-0.25, -0.2) is 0 Å². The third-order valence-electron chi connectivity index (χ3n) is 4.35. The maximum Gasteiger partial charge on any atom is 0.309 e. The zero-order valence-corrected chi connectivity index (χ0v) is 12.6. The molecule has 3 fully saturated rings. The number of carbonyl (C=O) groups is 2. The van der Waals surface area contributed by atoms with E-state index >= 15 is 0 Å². The van der Waals surface area contributed by atoms with Gasteiger partial charge >= 0.3 is 5.97 Å². The highest BCUT2D eigenvalue weighted by atomic mass is 16.4. The molecule has 0 radical (unpaired) electrons. The monoisotopic (exact) mass is 272 g/mol. The number of aliphatic carboxylic acids is 1. The van der Waals surface area contributed by atoms with Crippen LogP contribution in [0.3, 0.4) is 0 Å². The lowest BCUT2D eigenvalue weighted by Gasteiger charge is -2.51. The van der Waals surface area contributed by atoms with Gasteiger partial charge in [-0.05, 0) is 45.6 Å². The Morgan fingerprint density at radius 1 is 1.05 bits per heavy atom. The lowest BCUT2D eigenvalue weighted by molar-refractivity contribution is -0.156. The zero-order valence-electron chi connectivity index (χ0n) is 12.6. The largest absolute Gasteiger partial charge is 0.481 e. The summed E-state index contributed by atoms with van der Waals surface area (Å²) in [6.45, 7) is 4.00. The molecule has 0 heterocycles. The van der Waals surface area contributed by atoms with Gasteiger partial charge in [-0.2, -0.15) is 0 Å². The Labute approximate surface area is 116 Å². The van der Waals surface area contributed by atoms with Crippen LogP contribution in [0.5, 0.6) is 0 Å². The van der Waals surface area contributed by atoms with Gasteiger partial charge < -0.3 is 15.7 Å². The standard InChI is InChI=1S/C10H17NO2.C2H5NO.C2H6/c1-11-10-5-2-9(3-6-10,4-7-10)8(12)13;1-3-2-4;1-2/h11H,2-7H2,1H3,(H,12,13);2H,1H3,(H,3,4);1-2H3. The molecule has 3 aliphatic carbocycles. The van der Waals surface area contributed by atoms with Crippen LogP contribution < -0.4 is 10.6 Å². The molecule has 5 nitrogen and oxygen atoms in total. The maximum absolute atomic E-state index is 11.1. The first-order chi connectivity index (χ1) is 9.04. The summed E-state index contributed by atoms with van der Waals surface area (Å²) in [7, 11) is 3.56. The van der Waals surface area contributed by atoms with Crippen LogP contribution in [0.15, 0.2) is 0 Å². The van der Waals surface area contributed by atoms with E-state index in [2.05, 4.69) is 10.6 Å². The molecule has 0 aromatic heterocycles. The third kappa shape index (κ3) is 4.20. The van der Waals surface area contributed by atoms with E-state index in [4.69, 9.17) is 9.90 Å². The highest BCUT2D eigenvalue weighted by molar-refractivity contribution is 5.75. The van der Waals surface area contributed by atoms with Crippen LogP contribution in [0.1, 0.15) is 52.4 Å². The second-order valence-electron chi connectivity index (χ2n) is 5.02. The van der Waals surface area contributed by atoms with Crippen molar-refractivity contribution in [3.05, 3.63) is 0 Å². The Morgan fingerprint density at radius 3 is 1.63 bits per heavy atom. The van der Waals surface area contributed by atoms with Crippen molar-refractivity contribution in [2.75, 3.05) is 14.1 Å². The highest BCUT2D eigenvalue weighted by Gasteiger charge is 2.51. The van der Waals surface area contributed by atoms with E-state index < -0.39 is 5.97 Å². The molecule has 3 aliphatic rings. The summed E-state index contributed by atoms with van der Waals surface area (Å²) in [4.78, 5) is 20.2. The molecular weight excluding hydrogens is 244 g/mol. The number of carbonyl (C=O) groups excluding carboxylic acids is 1. The molecule has 0 saturated heterocycles. The van der Waals surface area contributed by atoms with Gasteiger partial charge in [0.05, 0.1) is 5.41 Å². The fourth-order valence-corrected chi connectivity index (χ4v) is 2.88. The Hall–Kier alpha value is -1.10. The molecule has 0 aromatic carbocycles. The first-order valence-electron chi connectivity index (χ1n) is 7.07. The quantitative estimate of drug-likeness (QED) is 0.684. The minimum absolute atomic E-state index is 0.275. The van der Waals surface area contributed by atoms with Crippen molar-refractivity contribution in [1.29, 1.82) is 0 Å². The van der Waals surface area contributed by atoms with Crippen molar-refractivity contribution in [1.82, 2.24) is 10.6 Å². The average Bonchev–Trinajstić information content (AvgIpc) is 2.51. The number of hydrogen-bond donors (Lipinski definition) is 3. The molecule has 0 aromatic rings. The highest BCUT2D eigenvalue weighted by Crippen LogP contribution is 2.52. The van der Waals surface area contributed by atoms with Crippen molar-refractivity contribution in [3.63, 3.8) is 0 Å². The van der Waals surface area contributed by atoms with Gasteiger partial charge in [0.2, 0.25) is 6.41 Å². The number of amides is 1. The molecule has 0 atom stereocenters. The summed E-state index contributed by atoms with van der Waals surface area (Å²) in [6, 6.07) is 0. The summed E-state index contributed by atoms with van der Waals surface area (Å²) in [5.41, 5.74) is -0.0875. The number of rotatable bonds is 3. The Morgan fingerprint density at radius 2 is 1.42 bits per heavy atom. The van der Waals surface area contributed by atoms with Gasteiger partial charge in [-0.15, -0.1) is 0 Å². The summed E-state index contributed by atoms with van der Waals surface area (Å²) >= 11 is 0. The molecule has 1 amide bonds. The Kier molecular flexibility index (Phi) is 7.68. The second kappa shape index (κ2) is 8.15.